The van der Waals surface area contributed by atoms with Crippen LogP contribution in [0.4, 0.5) is 8.78 Å². The maximum absolute atomic E-state index is 12.8. The standard InChI is InChI=1S/C14H18F2N2O2/c15-13(16)18-7-1-3-11(18)12(19)17-8-5-14(6-9-17)4-2-10-20-14/h1,3,7,13H,2,4-6,8-10H2. The number of piperidine rings is 1. The van der Waals surface area contributed by atoms with Crippen molar-refractivity contribution >= 4 is 5.91 Å². The van der Waals surface area contributed by atoms with Crippen LogP contribution >= 0.6 is 0 Å². The van der Waals surface area contributed by atoms with E-state index in [-0.39, 0.29) is 17.2 Å². The molecule has 0 saturated carbocycles. The molecule has 2 aliphatic heterocycles. The zero-order valence-corrected chi connectivity index (χ0v) is 11.2. The lowest BCUT2D eigenvalue weighted by Gasteiger charge is -2.38. The summed E-state index contributed by atoms with van der Waals surface area (Å²) in [6.45, 7) is -0.735. The van der Waals surface area contributed by atoms with Crippen LogP contribution in [0.15, 0.2) is 18.3 Å². The molecule has 0 radical (unpaired) electrons. The number of carbonyl (C=O) groups excluding carboxylic acids is 1. The molecule has 1 spiro atoms. The second-order valence-electron chi connectivity index (χ2n) is 5.51. The van der Waals surface area contributed by atoms with Gasteiger partial charge in [0.05, 0.1) is 5.60 Å². The van der Waals surface area contributed by atoms with Crippen LogP contribution in [-0.2, 0) is 4.74 Å². The number of ether oxygens (including phenoxy) is 1. The average Bonchev–Trinajstić information content (AvgIpc) is 3.08. The summed E-state index contributed by atoms with van der Waals surface area (Å²) in [4.78, 5) is 14.0. The van der Waals surface area contributed by atoms with Gasteiger partial charge in [-0.2, -0.15) is 8.78 Å². The number of aromatic nitrogens is 1. The highest BCUT2D eigenvalue weighted by atomic mass is 19.3. The molecule has 4 nitrogen and oxygen atoms in total. The summed E-state index contributed by atoms with van der Waals surface area (Å²) >= 11 is 0. The molecule has 2 saturated heterocycles. The Morgan fingerprint density at radius 1 is 1.30 bits per heavy atom. The number of amides is 1. The summed E-state index contributed by atoms with van der Waals surface area (Å²) in [5, 5.41) is 0. The topological polar surface area (TPSA) is 34.5 Å². The van der Waals surface area contributed by atoms with E-state index in [1.54, 1.807) is 4.90 Å². The number of hydrogen-bond acceptors (Lipinski definition) is 2. The van der Waals surface area contributed by atoms with Crippen LogP contribution in [0.25, 0.3) is 0 Å². The van der Waals surface area contributed by atoms with Gasteiger partial charge in [-0.1, -0.05) is 0 Å². The lowest BCUT2D eigenvalue weighted by Crippen LogP contribution is -2.46. The Bertz CT molecular complexity index is 485. The van der Waals surface area contributed by atoms with Gasteiger partial charge in [-0.25, -0.2) is 0 Å². The summed E-state index contributed by atoms with van der Waals surface area (Å²) in [6, 6.07) is 2.93. The largest absolute Gasteiger partial charge is 0.375 e. The van der Waals surface area contributed by atoms with E-state index in [4.69, 9.17) is 4.74 Å². The van der Waals surface area contributed by atoms with Crippen molar-refractivity contribution in [1.29, 1.82) is 0 Å². The molecule has 0 N–H and O–H groups in total. The van der Waals surface area contributed by atoms with Gasteiger partial charge in [0.25, 0.3) is 5.91 Å². The first-order valence-corrected chi connectivity index (χ1v) is 7.00. The van der Waals surface area contributed by atoms with Gasteiger partial charge in [-0.3, -0.25) is 9.36 Å². The molecule has 6 heteroatoms. The van der Waals surface area contributed by atoms with Crippen LogP contribution in [0.3, 0.4) is 0 Å². The van der Waals surface area contributed by atoms with Crippen molar-refractivity contribution in [3.05, 3.63) is 24.0 Å². The fraction of sp³-hybridized carbons (Fsp3) is 0.643. The van der Waals surface area contributed by atoms with Crippen molar-refractivity contribution < 1.29 is 18.3 Å². The van der Waals surface area contributed by atoms with Crippen molar-refractivity contribution in [1.82, 2.24) is 9.47 Å². The van der Waals surface area contributed by atoms with E-state index in [9.17, 15) is 13.6 Å². The third kappa shape index (κ3) is 2.32. The Morgan fingerprint density at radius 2 is 2.05 bits per heavy atom. The predicted octanol–water partition coefficient (Wildman–Crippen LogP) is 2.67. The van der Waals surface area contributed by atoms with Gasteiger partial charge < -0.3 is 9.64 Å². The first kappa shape index (κ1) is 13.5. The molecule has 3 heterocycles. The summed E-state index contributed by atoms with van der Waals surface area (Å²) in [5.74, 6) is -0.317. The fourth-order valence-electron chi connectivity index (χ4n) is 3.17. The van der Waals surface area contributed by atoms with Gasteiger partial charge in [0.15, 0.2) is 0 Å². The minimum absolute atomic E-state index is 0.0586. The Balaban J connectivity index is 1.68. The van der Waals surface area contributed by atoms with Crippen molar-refractivity contribution in [2.24, 2.45) is 0 Å². The van der Waals surface area contributed by atoms with E-state index in [0.29, 0.717) is 13.1 Å². The van der Waals surface area contributed by atoms with E-state index >= 15 is 0 Å². The van der Waals surface area contributed by atoms with Gasteiger partial charge in [0.1, 0.15) is 5.69 Å². The average molecular weight is 284 g/mol. The van der Waals surface area contributed by atoms with Crippen molar-refractivity contribution in [3.63, 3.8) is 0 Å². The number of halogens is 2. The molecule has 0 aromatic carbocycles. The van der Waals surface area contributed by atoms with E-state index in [1.807, 2.05) is 0 Å². The molecule has 110 valence electrons. The molecule has 0 aliphatic carbocycles. The SMILES string of the molecule is O=C(c1cccn1C(F)F)N1CCC2(CCCO2)CC1. The van der Waals surface area contributed by atoms with Crippen LogP contribution in [0, 0.1) is 0 Å². The zero-order chi connectivity index (χ0) is 14.2. The molecular formula is C14H18F2N2O2. The van der Waals surface area contributed by atoms with E-state index in [1.165, 1.54) is 18.3 Å². The Labute approximate surface area is 116 Å². The van der Waals surface area contributed by atoms with E-state index in [0.717, 1.165) is 36.9 Å². The van der Waals surface area contributed by atoms with Gasteiger partial charge >= 0.3 is 6.55 Å². The van der Waals surface area contributed by atoms with Crippen LogP contribution < -0.4 is 0 Å². The molecular weight excluding hydrogens is 266 g/mol. The lowest BCUT2D eigenvalue weighted by atomic mass is 9.88. The van der Waals surface area contributed by atoms with Crippen LogP contribution in [0.5, 0.6) is 0 Å². The second-order valence-corrected chi connectivity index (χ2v) is 5.51. The number of nitrogens with zero attached hydrogens (tertiary/aromatic N) is 2. The molecule has 0 bridgehead atoms. The molecule has 1 aromatic heterocycles. The predicted molar refractivity (Wildman–Crippen MR) is 68.7 cm³/mol. The first-order chi connectivity index (χ1) is 9.61. The maximum Gasteiger partial charge on any atom is 0.319 e. The highest BCUT2D eigenvalue weighted by Gasteiger charge is 2.39. The first-order valence-electron chi connectivity index (χ1n) is 7.00. The van der Waals surface area contributed by atoms with Crippen LogP contribution in [-0.4, -0.2) is 40.7 Å². The fourth-order valence-corrected chi connectivity index (χ4v) is 3.17. The number of rotatable bonds is 2. The summed E-state index contributed by atoms with van der Waals surface area (Å²) in [6.07, 6.45) is 4.95. The number of likely N-dealkylation sites (tertiary alicyclic amines) is 1. The molecule has 0 atom stereocenters. The molecule has 2 fully saturated rings. The van der Waals surface area contributed by atoms with Gasteiger partial charge in [0.2, 0.25) is 0 Å². The molecule has 0 unspecified atom stereocenters. The van der Waals surface area contributed by atoms with Gasteiger partial charge in [0, 0.05) is 25.9 Å². The van der Waals surface area contributed by atoms with E-state index < -0.39 is 6.55 Å². The minimum Gasteiger partial charge on any atom is -0.375 e. The molecule has 3 rings (SSSR count). The minimum atomic E-state index is -2.68. The van der Waals surface area contributed by atoms with Gasteiger partial charge in [-0.15, -0.1) is 0 Å². The Hall–Kier alpha value is -1.43. The normalized spacial score (nSPS) is 21.9. The summed E-state index contributed by atoms with van der Waals surface area (Å²) < 4.78 is 32.1. The van der Waals surface area contributed by atoms with Crippen molar-refractivity contribution in [3.8, 4) is 0 Å². The van der Waals surface area contributed by atoms with Gasteiger partial charge in [-0.05, 0) is 37.8 Å². The molecule has 1 aromatic rings. The summed E-state index contributed by atoms with van der Waals surface area (Å²) in [7, 11) is 0. The monoisotopic (exact) mass is 284 g/mol. The Kier molecular flexibility index (Phi) is 3.50. The second kappa shape index (κ2) is 5.16. The molecule has 1 amide bonds. The lowest BCUT2D eigenvalue weighted by molar-refractivity contribution is -0.0391. The summed E-state index contributed by atoms with van der Waals surface area (Å²) in [5.41, 5.74) is -0.00937. The number of carbonyl (C=O) groups is 1. The highest BCUT2D eigenvalue weighted by Crippen LogP contribution is 2.36. The number of alkyl halides is 2. The van der Waals surface area contributed by atoms with Crippen molar-refractivity contribution in [2.45, 2.75) is 37.8 Å². The third-order valence-electron chi connectivity index (χ3n) is 4.36. The van der Waals surface area contributed by atoms with Crippen LogP contribution in [0.2, 0.25) is 0 Å². The maximum atomic E-state index is 12.8. The quantitative estimate of drug-likeness (QED) is 0.837. The van der Waals surface area contributed by atoms with E-state index in [2.05, 4.69) is 0 Å². The number of hydrogen-bond donors (Lipinski definition) is 0. The highest BCUT2D eigenvalue weighted by molar-refractivity contribution is 5.92. The van der Waals surface area contributed by atoms with Crippen molar-refractivity contribution in [2.75, 3.05) is 19.7 Å². The zero-order valence-electron chi connectivity index (χ0n) is 11.2. The molecule has 20 heavy (non-hydrogen) atoms. The third-order valence-corrected chi connectivity index (χ3v) is 4.36. The smallest absolute Gasteiger partial charge is 0.319 e. The Morgan fingerprint density at radius 3 is 2.65 bits per heavy atom. The van der Waals surface area contributed by atoms with Crippen LogP contribution in [0.1, 0.15) is 42.7 Å². The molecule has 2 aliphatic rings.